The summed E-state index contributed by atoms with van der Waals surface area (Å²) in [7, 11) is -3.21. The van der Waals surface area contributed by atoms with Crippen molar-refractivity contribution in [3.63, 3.8) is 0 Å². The van der Waals surface area contributed by atoms with Crippen LogP contribution in [0.25, 0.3) is 0 Å². The van der Waals surface area contributed by atoms with E-state index in [0.717, 1.165) is 9.13 Å². The standard InChI is InChI=1S/C16H16INO3S/c1-11(12-7-9-13(10-8-12)22(2,20)21)18-16(19)14-5-3-4-6-15(14)17/h3-11H,1-2H3,(H,18,19). The van der Waals surface area contributed by atoms with E-state index in [-0.39, 0.29) is 16.8 Å². The van der Waals surface area contributed by atoms with Crippen LogP contribution < -0.4 is 5.32 Å². The molecule has 1 N–H and O–H groups in total. The Balaban J connectivity index is 2.14. The van der Waals surface area contributed by atoms with E-state index in [1.54, 1.807) is 30.3 Å². The Hall–Kier alpha value is -1.41. The summed E-state index contributed by atoms with van der Waals surface area (Å²) in [5, 5.41) is 2.92. The van der Waals surface area contributed by atoms with Gasteiger partial charge in [0.25, 0.3) is 5.91 Å². The van der Waals surface area contributed by atoms with Crippen molar-refractivity contribution < 1.29 is 13.2 Å². The second-order valence-corrected chi connectivity index (χ2v) is 8.19. The van der Waals surface area contributed by atoms with Crippen LogP contribution in [0.5, 0.6) is 0 Å². The molecule has 1 amide bonds. The number of carbonyl (C=O) groups is 1. The molecule has 116 valence electrons. The highest BCUT2D eigenvalue weighted by Gasteiger charge is 2.14. The van der Waals surface area contributed by atoms with Crippen LogP contribution in [0.15, 0.2) is 53.4 Å². The smallest absolute Gasteiger partial charge is 0.252 e. The lowest BCUT2D eigenvalue weighted by Crippen LogP contribution is -2.27. The van der Waals surface area contributed by atoms with Crippen molar-refractivity contribution in [1.29, 1.82) is 0 Å². The number of hydrogen-bond donors (Lipinski definition) is 1. The molecule has 0 radical (unpaired) electrons. The summed E-state index contributed by atoms with van der Waals surface area (Å²) in [4.78, 5) is 12.5. The largest absolute Gasteiger partial charge is 0.345 e. The van der Waals surface area contributed by atoms with Gasteiger partial charge in [0, 0.05) is 9.83 Å². The lowest BCUT2D eigenvalue weighted by molar-refractivity contribution is 0.0939. The molecule has 0 aliphatic carbocycles. The van der Waals surface area contributed by atoms with Crippen LogP contribution in [0.4, 0.5) is 0 Å². The summed E-state index contributed by atoms with van der Waals surface area (Å²) in [5.41, 5.74) is 1.48. The van der Waals surface area contributed by atoms with E-state index in [0.29, 0.717) is 5.56 Å². The number of carbonyl (C=O) groups excluding carboxylic acids is 1. The van der Waals surface area contributed by atoms with Gasteiger partial charge >= 0.3 is 0 Å². The Morgan fingerprint density at radius 1 is 1.09 bits per heavy atom. The molecule has 4 nitrogen and oxygen atoms in total. The molecule has 0 fully saturated rings. The number of rotatable bonds is 4. The normalized spacial score (nSPS) is 12.7. The number of hydrogen-bond acceptors (Lipinski definition) is 3. The second kappa shape index (κ2) is 6.78. The molecule has 2 rings (SSSR count). The van der Waals surface area contributed by atoms with Crippen molar-refractivity contribution in [2.24, 2.45) is 0 Å². The first-order chi connectivity index (χ1) is 10.3. The maximum absolute atomic E-state index is 12.3. The summed E-state index contributed by atoms with van der Waals surface area (Å²) < 4.78 is 23.8. The Labute approximate surface area is 144 Å². The minimum atomic E-state index is -3.21. The number of nitrogens with one attached hydrogen (secondary N) is 1. The summed E-state index contributed by atoms with van der Waals surface area (Å²) >= 11 is 2.12. The average Bonchev–Trinajstić information content (AvgIpc) is 2.46. The van der Waals surface area contributed by atoms with E-state index in [1.165, 1.54) is 6.26 Å². The summed E-state index contributed by atoms with van der Waals surface area (Å²) in [6.07, 6.45) is 1.17. The third kappa shape index (κ3) is 4.07. The molecule has 2 aromatic rings. The van der Waals surface area contributed by atoms with E-state index in [9.17, 15) is 13.2 Å². The molecule has 0 aliphatic rings. The lowest BCUT2D eigenvalue weighted by atomic mass is 10.1. The Bertz CT molecular complexity index is 785. The number of sulfone groups is 1. The van der Waals surface area contributed by atoms with Gasteiger partial charge in [0.15, 0.2) is 9.84 Å². The first-order valence-corrected chi connectivity index (χ1v) is 9.61. The predicted molar refractivity (Wildman–Crippen MR) is 94.6 cm³/mol. The Morgan fingerprint density at radius 2 is 1.68 bits per heavy atom. The van der Waals surface area contributed by atoms with Gasteiger partial charge in [-0.1, -0.05) is 24.3 Å². The maximum atomic E-state index is 12.3. The van der Waals surface area contributed by atoms with E-state index in [1.807, 2.05) is 25.1 Å². The van der Waals surface area contributed by atoms with E-state index in [2.05, 4.69) is 27.9 Å². The molecule has 6 heteroatoms. The summed E-state index contributed by atoms with van der Waals surface area (Å²) in [6.45, 7) is 1.86. The zero-order valence-corrected chi connectivity index (χ0v) is 15.2. The SMILES string of the molecule is CC(NC(=O)c1ccccc1I)c1ccc(S(C)(=O)=O)cc1. The highest BCUT2D eigenvalue weighted by Crippen LogP contribution is 2.18. The zero-order valence-electron chi connectivity index (χ0n) is 12.2. The molecule has 0 spiro atoms. The van der Waals surface area contributed by atoms with Gasteiger partial charge in [-0.3, -0.25) is 4.79 Å². The first kappa shape index (κ1) is 17.0. The Kier molecular flexibility index (Phi) is 5.23. The topological polar surface area (TPSA) is 63.2 Å². The van der Waals surface area contributed by atoms with E-state index in [4.69, 9.17) is 0 Å². The van der Waals surface area contributed by atoms with Crippen LogP contribution in [0.1, 0.15) is 28.9 Å². The second-order valence-electron chi connectivity index (χ2n) is 5.02. The van der Waals surface area contributed by atoms with Crippen LogP contribution in [0, 0.1) is 3.57 Å². The third-order valence-electron chi connectivity index (χ3n) is 3.27. The fourth-order valence-electron chi connectivity index (χ4n) is 2.01. The van der Waals surface area contributed by atoms with Crippen molar-refractivity contribution in [2.75, 3.05) is 6.26 Å². The van der Waals surface area contributed by atoms with Crippen LogP contribution in [0.3, 0.4) is 0 Å². The molecular weight excluding hydrogens is 413 g/mol. The van der Waals surface area contributed by atoms with Crippen LogP contribution in [-0.2, 0) is 9.84 Å². The minimum absolute atomic E-state index is 0.148. The van der Waals surface area contributed by atoms with Gasteiger partial charge in [0.1, 0.15) is 0 Å². The van der Waals surface area contributed by atoms with Crippen LogP contribution in [-0.4, -0.2) is 20.6 Å². The number of benzene rings is 2. The molecule has 0 aromatic heterocycles. The molecule has 1 atom stereocenters. The summed E-state index contributed by atoms with van der Waals surface area (Å²) in [6, 6.07) is 13.7. The molecule has 0 bridgehead atoms. The molecule has 0 aliphatic heterocycles. The van der Waals surface area contributed by atoms with Gasteiger partial charge in [-0.2, -0.15) is 0 Å². The third-order valence-corrected chi connectivity index (χ3v) is 5.34. The van der Waals surface area contributed by atoms with Crippen molar-refractivity contribution in [3.8, 4) is 0 Å². The lowest BCUT2D eigenvalue weighted by Gasteiger charge is -2.15. The fourth-order valence-corrected chi connectivity index (χ4v) is 3.27. The van der Waals surface area contributed by atoms with Crippen LogP contribution >= 0.6 is 22.6 Å². The van der Waals surface area contributed by atoms with Crippen molar-refractivity contribution in [1.82, 2.24) is 5.32 Å². The monoisotopic (exact) mass is 429 g/mol. The van der Waals surface area contributed by atoms with Gasteiger partial charge in [-0.15, -0.1) is 0 Å². The van der Waals surface area contributed by atoms with Crippen LogP contribution in [0.2, 0.25) is 0 Å². The van der Waals surface area contributed by atoms with Crippen molar-refractivity contribution in [2.45, 2.75) is 17.9 Å². The highest BCUT2D eigenvalue weighted by atomic mass is 127. The molecule has 0 saturated heterocycles. The quantitative estimate of drug-likeness (QED) is 0.760. The molecule has 2 aromatic carbocycles. The maximum Gasteiger partial charge on any atom is 0.252 e. The fraction of sp³-hybridized carbons (Fsp3) is 0.188. The van der Waals surface area contributed by atoms with Gasteiger partial charge in [-0.05, 0) is 59.3 Å². The van der Waals surface area contributed by atoms with Gasteiger partial charge in [-0.25, -0.2) is 8.42 Å². The molecule has 0 saturated carbocycles. The first-order valence-electron chi connectivity index (χ1n) is 6.64. The van der Waals surface area contributed by atoms with Crippen molar-refractivity contribution in [3.05, 3.63) is 63.2 Å². The van der Waals surface area contributed by atoms with Crippen molar-refractivity contribution >= 4 is 38.3 Å². The Morgan fingerprint density at radius 3 is 2.23 bits per heavy atom. The average molecular weight is 429 g/mol. The predicted octanol–water partition coefficient (Wildman–Crippen LogP) is 3.19. The molecule has 22 heavy (non-hydrogen) atoms. The van der Waals surface area contributed by atoms with Gasteiger partial charge < -0.3 is 5.32 Å². The molecular formula is C16H16INO3S. The number of amides is 1. The van der Waals surface area contributed by atoms with Gasteiger partial charge in [0.2, 0.25) is 0 Å². The van der Waals surface area contributed by atoms with Gasteiger partial charge in [0.05, 0.1) is 16.5 Å². The highest BCUT2D eigenvalue weighted by molar-refractivity contribution is 14.1. The molecule has 0 heterocycles. The minimum Gasteiger partial charge on any atom is -0.345 e. The molecule has 1 unspecified atom stereocenters. The van der Waals surface area contributed by atoms with E-state index < -0.39 is 9.84 Å². The zero-order chi connectivity index (χ0) is 16.3. The summed E-state index contributed by atoms with van der Waals surface area (Å²) in [5.74, 6) is -0.148. The number of halogens is 1. The van der Waals surface area contributed by atoms with E-state index >= 15 is 0 Å².